The van der Waals surface area contributed by atoms with Gasteiger partial charge < -0.3 is 21.9 Å². The molecule has 11 nitrogen and oxygen atoms in total. The van der Waals surface area contributed by atoms with Crippen molar-refractivity contribution in [1.29, 1.82) is 0 Å². The highest BCUT2D eigenvalue weighted by Crippen LogP contribution is 2.31. The quantitative estimate of drug-likeness (QED) is 0.0932. The highest BCUT2D eigenvalue weighted by molar-refractivity contribution is 6.05. The molecule has 2 amide bonds. The molecule has 0 aliphatic rings. The van der Waals surface area contributed by atoms with Gasteiger partial charge in [-0.1, -0.05) is 72.8 Å². The number of hydrogen-bond acceptors (Lipinski definition) is 5. The number of guanidine groups is 1. The minimum absolute atomic E-state index is 0.151. The number of carbonyl (C=O) groups excluding carboxylic acids is 2. The number of anilines is 1. The van der Waals surface area contributed by atoms with E-state index in [1.165, 1.54) is 4.90 Å². The third-order valence-electron chi connectivity index (χ3n) is 5.94. The van der Waals surface area contributed by atoms with Crippen molar-refractivity contribution in [3.63, 3.8) is 0 Å². The Bertz CT molecular complexity index is 1210. The molecule has 3 rings (SSSR count). The third-order valence-corrected chi connectivity index (χ3v) is 5.94. The number of nitrogens with zero attached hydrogens (tertiary/aromatic N) is 3. The van der Waals surface area contributed by atoms with E-state index in [1.807, 2.05) is 60.7 Å². The van der Waals surface area contributed by atoms with Crippen LogP contribution < -0.4 is 21.7 Å². The maximum atomic E-state index is 14.3. The summed E-state index contributed by atoms with van der Waals surface area (Å²) in [6, 6.07) is 24.1. The van der Waals surface area contributed by atoms with Crippen LogP contribution in [-0.4, -0.2) is 40.5 Å². The van der Waals surface area contributed by atoms with Crippen molar-refractivity contribution in [3.8, 4) is 0 Å². The zero-order valence-electron chi connectivity index (χ0n) is 20.6. The van der Waals surface area contributed by atoms with Crippen molar-refractivity contribution < 1.29 is 19.7 Å². The Morgan fingerprint density at radius 3 is 1.97 bits per heavy atom. The molecule has 0 spiro atoms. The fraction of sp³-hybridized carbons (Fsp3) is 0.222. The van der Waals surface area contributed by atoms with Crippen LogP contribution in [0.5, 0.6) is 0 Å². The largest absolute Gasteiger partial charge is 0.392 e. The smallest absolute Gasteiger partial charge is 0.266 e. The number of benzene rings is 3. The molecule has 0 bridgehead atoms. The Hall–Kier alpha value is -4.77. The summed E-state index contributed by atoms with van der Waals surface area (Å²) < 4.78 is 0. The average molecular weight is 519 g/mol. The van der Waals surface area contributed by atoms with Crippen LogP contribution in [0.2, 0.25) is 0 Å². The zero-order chi connectivity index (χ0) is 27.5. The third kappa shape index (κ3) is 7.37. The summed E-state index contributed by atoms with van der Waals surface area (Å²) in [7, 11) is 0. The molecule has 0 fully saturated rings. The van der Waals surface area contributed by atoms with Gasteiger partial charge in [-0.2, -0.15) is 0 Å². The van der Waals surface area contributed by atoms with E-state index in [0.717, 1.165) is 11.1 Å². The first-order valence-corrected chi connectivity index (χ1v) is 12.0. The number of hydrazone groups is 1. The van der Waals surface area contributed by atoms with Crippen LogP contribution in [0.3, 0.4) is 0 Å². The molecule has 0 aliphatic heterocycles. The first-order chi connectivity index (χ1) is 18.3. The first kappa shape index (κ1) is 27.8. The number of primary amides is 1. The lowest BCUT2D eigenvalue weighted by Crippen LogP contribution is -2.50. The van der Waals surface area contributed by atoms with Crippen molar-refractivity contribution in [2.24, 2.45) is 16.6 Å². The second kappa shape index (κ2) is 13.5. The summed E-state index contributed by atoms with van der Waals surface area (Å²) >= 11 is 0. The van der Waals surface area contributed by atoms with E-state index in [2.05, 4.69) is 10.4 Å². The van der Waals surface area contributed by atoms with E-state index in [4.69, 9.17) is 11.5 Å². The predicted molar refractivity (Wildman–Crippen MR) is 143 cm³/mol. The molecule has 0 radical (unpaired) electrons. The molecule has 11 heteroatoms. The van der Waals surface area contributed by atoms with Crippen molar-refractivity contribution in [2.45, 2.75) is 31.4 Å². The maximum absolute atomic E-state index is 14.3. The number of amides is 2. The number of carbonyl (C=O) groups is 2. The van der Waals surface area contributed by atoms with Gasteiger partial charge in [-0.3, -0.25) is 14.5 Å². The number of hydrogen-bond donors (Lipinski definition) is 4. The van der Waals surface area contributed by atoms with Gasteiger partial charge in [0.2, 0.25) is 11.8 Å². The molecule has 38 heavy (non-hydrogen) atoms. The van der Waals surface area contributed by atoms with Gasteiger partial charge in [-0.15, -0.1) is 0 Å². The van der Waals surface area contributed by atoms with Crippen molar-refractivity contribution in [1.82, 2.24) is 5.32 Å². The summed E-state index contributed by atoms with van der Waals surface area (Å²) in [5.74, 6) is -2.16. The summed E-state index contributed by atoms with van der Waals surface area (Å²) in [5.41, 5.74) is 13.9. The van der Waals surface area contributed by atoms with Gasteiger partial charge in [0, 0.05) is 12.2 Å². The highest BCUT2D eigenvalue weighted by atomic mass is 16.7. The van der Waals surface area contributed by atoms with Crippen LogP contribution >= 0.6 is 0 Å². The Labute approximate surface area is 219 Å². The van der Waals surface area contributed by atoms with E-state index >= 15 is 0 Å². The summed E-state index contributed by atoms with van der Waals surface area (Å²) in [6.07, 6.45) is 0.458. The van der Waals surface area contributed by atoms with Crippen LogP contribution in [0.1, 0.15) is 35.4 Å². The van der Waals surface area contributed by atoms with Gasteiger partial charge in [0.25, 0.3) is 5.96 Å². The predicted octanol–water partition coefficient (Wildman–Crippen LogP) is 2.07. The molecule has 3 aromatic rings. The standard InChI is InChI=1S/C27H30N6O5/c28-25(35)23(12-7-17-30-27(29)31-33(37)38)32(22-15-13-19(18-34)14-16-22)26(36)24(20-8-3-1-4-9-20)21-10-5-2-6-11-21/h1-6,8-11,13-16,23-24,34H,7,12,17-18H2,(H2,28,35)(H3,29,30,31)/t23-/m1/s1. The zero-order valence-corrected chi connectivity index (χ0v) is 20.6. The van der Waals surface area contributed by atoms with E-state index in [-0.39, 0.29) is 31.4 Å². The molecule has 0 aliphatic carbocycles. The van der Waals surface area contributed by atoms with Gasteiger partial charge in [-0.05, 0) is 41.7 Å². The Morgan fingerprint density at radius 2 is 1.50 bits per heavy atom. The lowest BCUT2D eigenvalue weighted by atomic mass is 9.89. The molecule has 6 N–H and O–H groups in total. The minimum atomic E-state index is -1.03. The lowest BCUT2D eigenvalue weighted by Gasteiger charge is -2.33. The van der Waals surface area contributed by atoms with Crippen molar-refractivity contribution >= 4 is 23.5 Å². The van der Waals surface area contributed by atoms with Gasteiger partial charge in [0.15, 0.2) is 5.03 Å². The Morgan fingerprint density at radius 1 is 0.947 bits per heavy atom. The molecule has 0 saturated heterocycles. The van der Waals surface area contributed by atoms with Gasteiger partial charge in [0.05, 0.1) is 12.5 Å². The van der Waals surface area contributed by atoms with Crippen LogP contribution in [-0.2, 0) is 16.2 Å². The number of nitrogens with two attached hydrogens (primary N) is 2. The number of rotatable bonds is 12. The Kier molecular flexibility index (Phi) is 9.89. The summed E-state index contributed by atoms with van der Waals surface area (Å²) in [5, 5.41) is 24.6. The normalized spacial score (nSPS) is 12.1. The first-order valence-electron chi connectivity index (χ1n) is 12.0. The van der Waals surface area contributed by atoms with Crippen molar-refractivity contribution in [2.75, 3.05) is 11.4 Å². The molecular formula is C27H30N6O5. The molecule has 0 aromatic heterocycles. The van der Waals surface area contributed by atoms with E-state index in [1.54, 1.807) is 24.3 Å². The van der Waals surface area contributed by atoms with Crippen LogP contribution in [0.4, 0.5) is 5.69 Å². The van der Waals surface area contributed by atoms with Gasteiger partial charge >= 0.3 is 0 Å². The molecular weight excluding hydrogens is 488 g/mol. The van der Waals surface area contributed by atoms with Crippen LogP contribution in [0.25, 0.3) is 0 Å². The second-order valence-electron chi connectivity index (χ2n) is 8.50. The molecule has 3 aromatic carbocycles. The molecule has 0 heterocycles. The van der Waals surface area contributed by atoms with E-state index in [9.17, 15) is 24.8 Å². The molecule has 1 atom stereocenters. The number of nitro groups is 1. The fourth-order valence-corrected chi connectivity index (χ4v) is 4.16. The maximum Gasteiger partial charge on any atom is 0.266 e. The molecule has 0 unspecified atom stereocenters. The summed E-state index contributed by atoms with van der Waals surface area (Å²) in [6.45, 7) is -0.0117. The SMILES string of the molecule is NC(=O)[C@@H](CCCNC(N)=N[N+](=O)[O-])N(C(=O)C(c1ccccc1)c1ccccc1)c1ccc(CO)cc1. The monoisotopic (exact) mass is 518 g/mol. The van der Waals surface area contributed by atoms with E-state index < -0.39 is 22.9 Å². The molecule has 198 valence electrons. The average Bonchev–Trinajstić information content (AvgIpc) is 2.91. The molecule has 0 saturated carbocycles. The van der Waals surface area contributed by atoms with Crippen LogP contribution in [0, 0.1) is 10.1 Å². The summed E-state index contributed by atoms with van der Waals surface area (Å²) in [4.78, 5) is 39.0. The minimum Gasteiger partial charge on any atom is -0.392 e. The van der Waals surface area contributed by atoms with Gasteiger partial charge in [-0.25, -0.2) is 10.1 Å². The fourth-order valence-electron chi connectivity index (χ4n) is 4.16. The van der Waals surface area contributed by atoms with Crippen molar-refractivity contribution in [3.05, 3.63) is 112 Å². The Balaban J connectivity index is 2.00. The number of aliphatic hydroxyl groups is 1. The van der Waals surface area contributed by atoms with E-state index in [0.29, 0.717) is 17.7 Å². The lowest BCUT2D eigenvalue weighted by molar-refractivity contribution is -0.485. The highest BCUT2D eigenvalue weighted by Gasteiger charge is 2.35. The van der Waals surface area contributed by atoms with Crippen LogP contribution in [0.15, 0.2) is 90.0 Å². The number of nitrogens with one attached hydrogen (secondary N) is 1. The number of aliphatic hydroxyl groups excluding tert-OH is 1. The second-order valence-corrected chi connectivity index (χ2v) is 8.50. The van der Waals surface area contributed by atoms with Gasteiger partial charge in [0.1, 0.15) is 11.1 Å². The topological polar surface area (TPSA) is 177 Å².